The summed E-state index contributed by atoms with van der Waals surface area (Å²) in [5.74, 6) is 2.40. The van der Waals surface area contributed by atoms with Crippen LogP contribution in [0.1, 0.15) is 69.2 Å². The normalized spacial score (nSPS) is 14.2. The van der Waals surface area contributed by atoms with Gasteiger partial charge in [-0.1, -0.05) is 106 Å². The third-order valence-corrected chi connectivity index (χ3v) is 18.0. The number of rotatable bonds is 21. The molecule has 1 fully saturated rings. The predicted octanol–water partition coefficient (Wildman–Crippen LogP) is 11.1. The lowest BCUT2D eigenvalue weighted by Crippen LogP contribution is -2.40. The number of fused-ring (bicyclic) bond motifs is 3. The Morgan fingerprint density at radius 2 is 1.36 bits per heavy atom. The van der Waals surface area contributed by atoms with Crippen LogP contribution in [0.15, 0.2) is 121 Å². The minimum absolute atomic E-state index is 0.239. The Hall–Kier alpha value is -4.61. The first-order valence-corrected chi connectivity index (χ1v) is 25.9. The molecule has 10 heteroatoms. The molecular weight excluding hydrogens is 771 g/mol. The predicted molar refractivity (Wildman–Crippen MR) is 246 cm³/mol. The molecule has 7 rings (SSSR count). The summed E-state index contributed by atoms with van der Waals surface area (Å²) in [5, 5.41) is 6.03. The molecule has 1 aromatic heterocycles. The average Bonchev–Trinajstić information content (AvgIpc) is 3.89. The second-order valence-corrected chi connectivity index (χ2v) is 22.8. The molecule has 1 N–H and O–H groups in total. The number of hydrogen-bond donors (Lipinski definition) is 1. The summed E-state index contributed by atoms with van der Waals surface area (Å²) < 4.78 is 50.0. The van der Waals surface area contributed by atoms with E-state index in [1.807, 2.05) is 48.5 Å². The van der Waals surface area contributed by atoms with Gasteiger partial charge in [0.15, 0.2) is 8.32 Å². The van der Waals surface area contributed by atoms with Gasteiger partial charge >= 0.3 is 0 Å². The van der Waals surface area contributed by atoms with Crippen LogP contribution >= 0.6 is 0 Å². The van der Waals surface area contributed by atoms with E-state index >= 15 is 0 Å². The van der Waals surface area contributed by atoms with Gasteiger partial charge in [0.1, 0.15) is 18.1 Å². The van der Waals surface area contributed by atoms with Crippen LogP contribution in [0.5, 0.6) is 11.5 Å². The van der Waals surface area contributed by atoms with Gasteiger partial charge in [0.05, 0.1) is 42.2 Å². The summed E-state index contributed by atoms with van der Waals surface area (Å²) in [6.07, 6.45) is 6.17. The second kappa shape index (κ2) is 19.6. The smallest absolute Gasteiger partial charge is 0.232 e. The molecule has 0 spiro atoms. The molecule has 0 amide bonds. The molecule has 1 saturated carbocycles. The molecule has 5 aromatic carbocycles. The summed E-state index contributed by atoms with van der Waals surface area (Å²) in [7, 11) is -5.57. The van der Waals surface area contributed by atoms with Crippen LogP contribution < -0.4 is 19.1 Å². The van der Waals surface area contributed by atoms with Gasteiger partial charge in [0.2, 0.25) is 10.0 Å². The standard InChI is InChI=1S/C49H61N3O5SSi/c1-5-59(6-2,7-3)57-49(41-23-16-24-42(31-41)52(58(4,53)54)36-39-19-12-9-13-20-39)34-50-29-30-55-43-25-27-45-46-28-26-44(56-37-40-21-14-15-22-40)33-48(46)51(47(45)32-43)35-38-17-10-8-11-18-38/h8-13,16-20,23-28,31-33,40,49-50H,5-7,14-15,21-22,29-30,34-37H2,1-4H3/t49-/m0/s1. The molecule has 0 aliphatic heterocycles. The van der Waals surface area contributed by atoms with E-state index in [0.717, 1.165) is 64.9 Å². The Kier molecular flexibility index (Phi) is 14.1. The van der Waals surface area contributed by atoms with Crippen molar-refractivity contribution in [3.8, 4) is 11.5 Å². The molecule has 0 saturated heterocycles. The average molecular weight is 832 g/mol. The van der Waals surface area contributed by atoms with Gasteiger partial charge in [-0.2, -0.15) is 0 Å². The molecule has 1 aliphatic rings. The first-order chi connectivity index (χ1) is 28.7. The number of nitrogens with one attached hydrogen (secondary N) is 1. The highest BCUT2D eigenvalue weighted by Crippen LogP contribution is 2.36. The van der Waals surface area contributed by atoms with Crippen molar-refractivity contribution in [3.63, 3.8) is 0 Å². The summed E-state index contributed by atoms with van der Waals surface area (Å²) in [4.78, 5) is 0. The molecule has 59 heavy (non-hydrogen) atoms. The zero-order valence-corrected chi connectivity index (χ0v) is 37.1. The van der Waals surface area contributed by atoms with Gasteiger partial charge < -0.3 is 23.8 Å². The van der Waals surface area contributed by atoms with Crippen molar-refractivity contribution in [1.82, 2.24) is 9.88 Å². The first kappa shape index (κ1) is 42.5. The molecule has 0 radical (unpaired) electrons. The SMILES string of the molecule is CC[Si](CC)(CC)O[C@@H](CNCCOc1ccc2c3ccc(OCC4CCCC4)cc3n(Cc3ccccc3)c2c1)c1cccc(N(Cc2ccccc2)S(C)(=O)=O)c1. The molecule has 1 heterocycles. The lowest BCUT2D eigenvalue weighted by Gasteiger charge is -2.34. The Morgan fingerprint density at radius 3 is 1.97 bits per heavy atom. The van der Waals surface area contributed by atoms with Crippen molar-refractivity contribution in [2.24, 2.45) is 5.92 Å². The summed E-state index contributed by atoms with van der Waals surface area (Å²) >= 11 is 0. The molecular formula is C49H61N3O5SSi. The third-order valence-electron chi connectivity index (χ3n) is 12.3. The van der Waals surface area contributed by atoms with Crippen molar-refractivity contribution in [1.29, 1.82) is 0 Å². The van der Waals surface area contributed by atoms with E-state index in [0.29, 0.717) is 31.3 Å². The number of aromatic nitrogens is 1. The van der Waals surface area contributed by atoms with Crippen molar-refractivity contribution in [3.05, 3.63) is 138 Å². The number of nitrogens with zero attached hydrogens (tertiary/aromatic N) is 2. The van der Waals surface area contributed by atoms with Gasteiger partial charge in [0, 0.05) is 42.5 Å². The molecule has 0 bridgehead atoms. The van der Waals surface area contributed by atoms with E-state index in [4.69, 9.17) is 13.9 Å². The fraction of sp³-hybridized carbons (Fsp3) is 0.388. The van der Waals surface area contributed by atoms with E-state index in [9.17, 15) is 8.42 Å². The molecule has 0 unspecified atom stereocenters. The summed E-state index contributed by atoms with van der Waals surface area (Å²) in [6.45, 7) is 10.2. The van der Waals surface area contributed by atoms with Gasteiger partial charge in [-0.25, -0.2) is 8.42 Å². The monoisotopic (exact) mass is 831 g/mol. The van der Waals surface area contributed by atoms with Crippen LogP contribution in [0.25, 0.3) is 21.8 Å². The van der Waals surface area contributed by atoms with E-state index in [-0.39, 0.29) is 12.6 Å². The van der Waals surface area contributed by atoms with Gasteiger partial charge in [-0.15, -0.1) is 0 Å². The largest absolute Gasteiger partial charge is 0.493 e. The molecule has 312 valence electrons. The molecule has 1 aliphatic carbocycles. The van der Waals surface area contributed by atoms with Crippen molar-refractivity contribution in [2.45, 2.75) is 83.8 Å². The van der Waals surface area contributed by atoms with Crippen molar-refractivity contribution in [2.75, 3.05) is 36.9 Å². The summed E-state index contributed by atoms with van der Waals surface area (Å²) in [6, 6.07) is 44.2. The lowest BCUT2D eigenvalue weighted by atomic mass is 10.1. The Balaban J connectivity index is 1.07. The number of ether oxygens (including phenoxy) is 2. The molecule has 1 atom stereocenters. The second-order valence-electron chi connectivity index (χ2n) is 16.1. The van der Waals surface area contributed by atoms with E-state index in [1.165, 1.54) is 52.6 Å². The van der Waals surface area contributed by atoms with Crippen LogP contribution in [0.3, 0.4) is 0 Å². The van der Waals surface area contributed by atoms with E-state index in [2.05, 4.69) is 103 Å². The number of hydrogen-bond acceptors (Lipinski definition) is 6. The zero-order chi connectivity index (χ0) is 41.2. The van der Waals surface area contributed by atoms with Gasteiger partial charge in [-0.3, -0.25) is 4.31 Å². The maximum Gasteiger partial charge on any atom is 0.232 e. The fourth-order valence-corrected chi connectivity index (χ4v) is 12.3. The number of benzene rings is 5. The fourth-order valence-electron chi connectivity index (χ4n) is 8.59. The van der Waals surface area contributed by atoms with Crippen LogP contribution in [-0.2, 0) is 27.5 Å². The maximum absolute atomic E-state index is 13.1. The first-order valence-electron chi connectivity index (χ1n) is 21.5. The van der Waals surface area contributed by atoms with Crippen molar-refractivity contribution >= 4 is 45.8 Å². The third kappa shape index (κ3) is 10.6. The van der Waals surface area contributed by atoms with Crippen molar-refractivity contribution < 1.29 is 22.3 Å². The Bertz CT molecular complexity index is 2370. The van der Waals surface area contributed by atoms with Crippen LogP contribution in [0.4, 0.5) is 5.69 Å². The van der Waals surface area contributed by atoms with E-state index in [1.54, 1.807) is 0 Å². The highest BCUT2D eigenvalue weighted by atomic mass is 32.2. The summed E-state index contributed by atoms with van der Waals surface area (Å²) in [5.41, 5.74) is 6.06. The minimum Gasteiger partial charge on any atom is -0.493 e. The highest BCUT2D eigenvalue weighted by Gasteiger charge is 2.33. The van der Waals surface area contributed by atoms with E-state index < -0.39 is 18.3 Å². The maximum atomic E-state index is 13.1. The molecule has 6 aromatic rings. The number of sulfonamides is 1. The number of anilines is 1. The van der Waals surface area contributed by atoms with Gasteiger partial charge in [-0.05, 0) is 90.0 Å². The zero-order valence-electron chi connectivity index (χ0n) is 35.2. The topological polar surface area (TPSA) is 82.0 Å². The Labute approximate surface area is 352 Å². The minimum atomic E-state index is -3.54. The Morgan fingerprint density at radius 1 is 0.746 bits per heavy atom. The van der Waals surface area contributed by atoms with Crippen LogP contribution in [0, 0.1) is 5.92 Å². The van der Waals surface area contributed by atoms with Gasteiger partial charge in [0.25, 0.3) is 0 Å². The van der Waals surface area contributed by atoms with Crippen LogP contribution in [-0.4, -0.2) is 53.9 Å². The quantitative estimate of drug-likeness (QED) is 0.0575. The molecule has 8 nitrogen and oxygen atoms in total. The van der Waals surface area contributed by atoms with Crippen LogP contribution in [0.2, 0.25) is 18.1 Å². The highest BCUT2D eigenvalue weighted by molar-refractivity contribution is 7.92. The lowest BCUT2D eigenvalue weighted by molar-refractivity contribution is 0.183.